The highest BCUT2D eigenvalue weighted by molar-refractivity contribution is 7.22. The van der Waals surface area contributed by atoms with Crippen LogP contribution < -0.4 is 10.5 Å². The van der Waals surface area contributed by atoms with Gasteiger partial charge in [-0.25, -0.2) is 14.2 Å². The lowest BCUT2D eigenvalue weighted by atomic mass is 10.0. The molecule has 0 atom stereocenters. The lowest BCUT2D eigenvalue weighted by Gasteiger charge is -2.19. The van der Waals surface area contributed by atoms with E-state index in [1.54, 1.807) is 47.4 Å². The molecule has 0 aliphatic rings. The Balaban J connectivity index is 1.48. The molecule has 3 heterocycles. The second-order valence-electron chi connectivity index (χ2n) is 7.95. The molecule has 6 rings (SSSR count). The minimum atomic E-state index is -0.742. The maximum absolute atomic E-state index is 14.3. The largest absolute Gasteiger partial charge is 0.422 e. The van der Waals surface area contributed by atoms with Gasteiger partial charge in [-0.1, -0.05) is 47.7 Å². The van der Waals surface area contributed by atoms with Crippen molar-refractivity contribution in [1.82, 2.24) is 14.8 Å². The van der Waals surface area contributed by atoms with Crippen LogP contribution >= 0.6 is 11.3 Å². The van der Waals surface area contributed by atoms with E-state index >= 15 is 0 Å². The van der Waals surface area contributed by atoms with E-state index in [9.17, 15) is 14.0 Å². The Morgan fingerprint density at radius 3 is 2.77 bits per heavy atom. The van der Waals surface area contributed by atoms with E-state index in [4.69, 9.17) is 4.42 Å². The first-order chi connectivity index (χ1) is 17.1. The Kier molecular flexibility index (Phi) is 5.11. The van der Waals surface area contributed by atoms with Crippen LogP contribution in [0.1, 0.15) is 10.4 Å². The fraction of sp³-hybridized carbons (Fsp3) is 0.0769. The Labute approximate surface area is 201 Å². The van der Waals surface area contributed by atoms with Crippen LogP contribution in [0, 0.1) is 5.82 Å². The van der Waals surface area contributed by atoms with Crippen LogP contribution in [0.5, 0.6) is 0 Å². The highest BCUT2D eigenvalue weighted by atomic mass is 32.1. The molecule has 0 unspecified atom stereocenters. The Morgan fingerprint density at radius 1 is 1.06 bits per heavy atom. The van der Waals surface area contributed by atoms with Gasteiger partial charge < -0.3 is 4.42 Å². The maximum atomic E-state index is 14.3. The summed E-state index contributed by atoms with van der Waals surface area (Å²) in [4.78, 5) is 32.4. The first kappa shape index (κ1) is 21.2. The fourth-order valence-corrected chi connectivity index (χ4v) is 5.11. The topological polar surface area (TPSA) is 81.2 Å². The summed E-state index contributed by atoms with van der Waals surface area (Å²) in [7, 11) is 0. The van der Waals surface area contributed by atoms with Crippen molar-refractivity contribution in [2.75, 3.05) is 11.4 Å². The molecule has 0 aliphatic heterocycles. The Hall–Kier alpha value is -4.37. The molecule has 172 valence electrons. The molecule has 0 saturated heterocycles. The molecule has 3 aromatic heterocycles. The third kappa shape index (κ3) is 3.75. The van der Waals surface area contributed by atoms with Crippen LogP contribution in [0.4, 0.5) is 9.52 Å². The minimum Gasteiger partial charge on any atom is -0.422 e. The van der Waals surface area contributed by atoms with Crippen LogP contribution in [-0.4, -0.2) is 27.2 Å². The van der Waals surface area contributed by atoms with Crippen LogP contribution in [0.2, 0.25) is 0 Å². The van der Waals surface area contributed by atoms with E-state index in [2.05, 4.69) is 10.1 Å². The summed E-state index contributed by atoms with van der Waals surface area (Å²) in [6.45, 7) is 0.536. The average molecular weight is 485 g/mol. The van der Waals surface area contributed by atoms with E-state index in [-0.39, 0.29) is 17.6 Å². The molecular formula is C26H17FN4O3S. The van der Waals surface area contributed by atoms with Crippen LogP contribution in [-0.2, 0) is 6.54 Å². The molecule has 1 amide bonds. The SMILES string of the molecule is O=C(c1cc2c(ccc3ccccc32)oc1=O)N(CCn1cccn1)c1nc2c(F)cccc2s1. The Bertz CT molecular complexity index is 1780. The van der Waals surface area contributed by atoms with Crippen molar-refractivity contribution < 1.29 is 13.6 Å². The summed E-state index contributed by atoms with van der Waals surface area (Å²) in [5, 5.41) is 6.97. The van der Waals surface area contributed by atoms with Crippen molar-refractivity contribution in [2.45, 2.75) is 6.54 Å². The third-order valence-corrected chi connectivity index (χ3v) is 6.86. The third-order valence-electron chi connectivity index (χ3n) is 5.82. The number of hydrogen-bond donors (Lipinski definition) is 0. The van der Waals surface area contributed by atoms with E-state index < -0.39 is 17.3 Å². The van der Waals surface area contributed by atoms with Gasteiger partial charge >= 0.3 is 5.63 Å². The standard InChI is InChI=1S/C26H17FN4O3S/c27-20-7-3-8-22-23(20)29-26(35-22)31(14-13-30-12-4-11-28-30)24(32)19-15-18-17-6-2-1-5-16(17)9-10-21(18)34-25(19)33/h1-12,15H,13-14H2. The average Bonchev–Trinajstić information content (AvgIpc) is 3.54. The minimum absolute atomic E-state index is 0.117. The molecule has 3 aromatic carbocycles. The molecule has 0 saturated carbocycles. The molecule has 6 aromatic rings. The maximum Gasteiger partial charge on any atom is 0.349 e. The van der Waals surface area contributed by atoms with E-state index in [1.807, 2.05) is 30.3 Å². The summed E-state index contributed by atoms with van der Waals surface area (Å²) < 4.78 is 22.2. The molecule has 35 heavy (non-hydrogen) atoms. The summed E-state index contributed by atoms with van der Waals surface area (Å²) in [6.07, 6.45) is 3.42. The van der Waals surface area contributed by atoms with Crippen LogP contribution in [0.3, 0.4) is 0 Å². The number of anilines is 1. The summed E-state index contributed by atoms with van der Waals surface area (Å²) in [6, 6.07) is 19.3. The molecule has 0 radical (unpaired) electrons. The van der Waals surface area contributed by atoms with Crippen molar-refractivity contribution in [3.63, 3.8) is 0 Å². The van der Waals surface area contributed by atoms with Gasteiger partial charge in [-0.3, -0.25) is 14.4 Å². The zero-order valence-corrected chi connectivity index (χ0v) is 19.0. The first-order valence-corrected chi connectivity index (χ1v) is 11.7. The zero-order chi connectivity index (χ0) is 23.9. The highest BCUT2D eigenvalue weighted by Gasteiger charge is 2.26. The number of hydrogen-bond acceptors (Lipinski definition) is 6. The first-order valence-electron chi connectivity index (χ1n) is 10.9. The molecule has 9 heteroatoms. The van der Waals surface area contributed by atoms with Crippen molar-refractivity contribution in [1.29, 1.82) is 0 Å². The summed E-state index contributed by atoms with van der Waals surface area (Å²) >= 11 is 1.18. The van der Waals surface area contributed by atoms with Gasteiger partial charge in [0.15, 0.2) is 5.13 Å². The number of nitrogens with zero attached hydrogens (tertiary/aromatic N) is 4. The number of halogens is 1. The normalized spacial score (nSPS) is 11.5. The molecule has 0 bridgehead atoms. The molecule has 7 nitrogen and oxygen atoms in total. The van der Waals surface area contributed by atoms with Gasteiger partial charge in [0.25, 0.3) is 5.91 Å². The number of benzene rings is 3. The van der Waals surface area contributed by atoms with Crippen molar-refractivity contribution in [3.8, 4) is 0 Å². The molecule has 0 N–H and O–H groups in total. The number of fused-ring (bicyclic) bond motifs is 4. The monoisotopic (exact) mass is 484 g/mol. The van der Waals surface area contributed by atoms with Crippen molar-refractivity contribution in [3.05, 3.63) is 101 Å². The highest BCUT2D eigenvalue weighted by Crippen LogP contribution is 2.31. The van der Waals surface area contributed by atoms with Gasteiger partial charge in [-0.15, -0.1) is 0 Å². The van der Waals surface area contributed by atoms with E-state index in [0.717, 1.165) is 10.8 Å². The van der Waals surface area contributed by atoms with E-state index in [0.29, 0.717) is 27.3 Å². The lowest BCUT2D eigenvalue weighted by molar-refractivity contribution is 0.0982. The second kappa shape index (κ2) is 8.44. The number of thiazole rings is 1. The van der Waals surface area contributed by atoms with Gasteiger partial charge in [0.1, 0.15) is 22.5 Å². The van der Waals surface area contributed by atoms with Crippen LogP contribution in [0.15, 0.2) is 88.3 Å². The molecule has 0 aliphatic carbocycles. The second-order valence-corrected chi connectivity index (χ2v) is 8.96. The number of rotatable bonds is 5. The number of amides is 1. The molecular weight excluding hydrogens is 467 g/mol. The number of aromatic nitrogens is 3. The van der Waals surface area contributed by atoms with E-state index in [1.165, 1.54) is 22.3 Å². The smallest absolute Gasteiger partial charge is 0.349 e. The number of carbonyl (C=O) groups excluding carboxylic acids is 1. The number of para-hydroxylation sites is 1. The molecule has 0 fully saturated rings. The summed E-state index contributed by atoms with van der Waals surface area (Å²) in [5.74, 6) is -1.04. The Morgan fingerprint density at radius 2 is 1.94 bits per heavy atom. The predicted molar refractivity (Wildman–Crippen MR) is 133 cm³/mol. The number of carbonyl (C=O) groups is 1. The van der Waals surface area contributed by atoms with Gasteiger partial charge in [0, 0.05) is 24.3 Å². The van der Waals surface area contributed by atoms with Crippen molar-refractivity contribution >= 4 is 54.3 Å². The quantitative estimate of drug-likeness (QED) is 0.247. The summed E-state index contributed by atoms with van der Waals surface area (Å²) in [5.41, 5.74) is -0.278. The van der Waals surface area contributed by atoms with Gasteiger partial charge in [-0.05, 0) is 41.1 Å². The van der Waals surface area contributed by atoms with Gasteiger partial charge in [0.05, 0.1) is 11.2 Å². The fourth-order valence-electron chi connectivity index (χ4n) is 4.10. The lowest BCUT2D eigenvalue weighted by Crippen LogP contribution is -2.36. The van der Waals surface area contributed by atoms with Gasteiger partial charge in [0.2, 0.25) is 0 Å². The van der Waals surface area contributed by atoms with Crippen LogP contribution in [0.25, 0.3) is 32.0 Å². The van der Waals surface area contributed by atoms with Crippen molar-refractivity contribution in [2.24, 2.45) is 0 Å². The predicted octanol–water partition coefficient (Wildman–Crippen LogP) is 5.24. The zero-order valence-electron chi connectivity index (χ0n) is 18.2. The van der Waals surface area contributed by atoms with Gasteiger partial charge in [-0.2, -0.15) is 5.10 Å². The molecule has 0 spiro atoms.